The summed E-state index contributed by atoms with van der Waals surface area (Å²) in [7, 11) is 0. The number of nitrogens with one attached hydrogen (secondary N) is 1. The van der Waals surface area contributed by atoms with Gasteiger partial charge in [-0.2, -0.15) is 0 Å². The first kappa shape index (κ1) is 15.0. The van der Waals surface area contributed by atoms with Crippen LogP contribution in [0.2, 0.25) is 0 Å². The van der Waals surface area contributed by atoms with Crippen molar-refractivity contribution in [2.45, 2.75) is 59.0 Å². The molecule has 0 aromatic heterocycles. The fraction of sp³-hybridized carbons (Fsp3) is 0.857. The van der Waals surface area contributed by atoms with E-state index in [9.17, 15) is 9.59 Å². The van der Waals surface area contributed by atoms with Crippen LogP contribution in [0.3, 0.4) is 0 Å². The lowest BCUT2D eigenvalue weighted by Gasteiger charge is -2.21. The standard InChI is InChI=1S/C14H25NO3/c1-5-11(12(16)8-10-6-7-10)9-15-13(17)18-14(2,3)4/h10-11H,5-9H2,1-4H3,(H,15,17). The van der Waals surface area contributed by atoms with Gasteiger partial charge in [-0.05, 0) is 46.0 Å². The first-order valence-electron chi connectivity index (χ1n) is 6.81. The Labute approximate surface area is 109 Å². The van der Waals surface area contributed by atoms with Gasteiger partial charge in [-0.1, -0.05) is 6.92 Å². The maximum Gasteiger partial charge on any atom is 0.407 e. The molecular weight excluding hydrogens is 230 g/mol. The first-order valence-corrected chi connectivity index (χ1v) is 6.81. The monoisotopic (exact) mass is 255 g/mol. The van der Waals surface area contributed by atoms with E-state index in [0.29, 0.717) is 18.9 Å². The van der Waals surface area contributed by atoms with E-state index in [1.165, 1.54) is 12.8 Å². The van der Waals surface area contributed by atoms with Gasteiger partial charge in [0, 0.05) is 18.9 Å². The minimum atomic E-state index is -0.496. The number of hydrogen-bond acceptors (Lipinski definition) is 3. The topological polar surface area (TPSA) is 55.4 Å². The quantitative estimate of drug-likeness (QED) is 0.794. The number of alkyl carbamates (subject to hydrolysis) is 1. The number of hydrogen-bond donors (Lipinski definition) is 1. The fourth-order valence-corrected chi connectivity index (χ4v) is 1.78. The molecule has 4 nitrogen and oxygen atoms in total. The van der Waals surface area contributed by atoms with Gasteiger partial charge in [0.1, 0.15) is 11.4 Å². The molecule has 1 amide bonds. The average Bonchev–Trinajstić information content (AvgIpc) is 2.99. The van der Waals surface area contributed by atoms with Crippen molar-refractivity contribution in [2.24, 2.45) is 11.8 Å². The summed E-state index contributed by atoms with van der Waals surface area (Å²) in [5.41, 5.74) is -0.496. The molecule has 4 heteroatoms. The smallest absolute Gasteiger partial charge is 0.407 e. The highest BCUT2D eigenvalue weighted by molar-refractivity contribution is 5.82. The molecule has 18 heavy (non-hydrogen) atoms. The summed E-state index contributed by atoms with van der Waals surface area (Å²) in [6.07, 6.45) is 3.36. The summed E-state index contributed by atoms with van der Waals surface area (Å²) in [4.78, 5) is 23.4. The van der Waals surface area contributed by atoms with Crippen LogP contribution in [0.25, 0.3) is 0 Å². The van der Waals surface area contributed by atoms with Gasteiger partial charge in [-0.3, -0.25) is 4.79 Å². The third-order valence-corrected chi connectivity index (χ3v) is 3.03. The van der Waals surface area contributed by atoms with E-state index in [-0.39, 0.29) is 11.7 Å². The lowest BCUT2D eigenvalue weighted by molar-refractivity contribution is -0.123. The Hall–Kier alpha value is -1.06. The van der Waals surface area contributed by atoms with E-state index in [1.54, 1.807) is 0 Å². The molecule has 0 aliphatic heterocycles. The van der Waals surface area contributed by atoms with Crippen molar-refractivity contribution in [3.63, 3.8) is 0 Å². The molecule has 1 fully saturated rings. The van der Waals surface area contributed by atoms with Crippen LogP contribution in [0.5, 0.6) is 0 Å². The van der Waals surface area contributed by atoms with Crippen molar-refractivity contribution in [3.8, 4) is 0 Å². The summed E-state index contributed by atoms with van der Waals surface area (Å²) >= 11 is 0. The number of amides is 1. The van der Waals surface area contributed by atoms with E-state index in [2.05, 4.69) is 5.32 Å². The Balaban J connectivity index is 2.29. The van der Waals surface area contributed by atoms with Crippen molar-refractivity contribution in [2.75, 3.05) is 6.54 Å². The molecule has 0 aromatic rings. The third kappa shape index (κ3) is 6.03. The predicted octanol–water partition coefficient (Wildman–Crippen LogP) is 2.91. The normalized spacial score (nSPS) is 17.1. The summed E-state index contributed by atoms with van der Waals surface area (Å²) in [5, 5.41) is 2.68. The van der Waals surface area contributed by atoms with Crippen molar-refractivity contribution >= 4 is 11.9 Å². The number of ketones is 1. The first-order chi connectivity index (χ1) is 8.31. The van der Waals surface area contributed by atoms with Gasteiger partial charge < -0.3 is 10.1 Å². The van der Waals surface area contributed by atoms with Crippen molar-refractivity contribution < 1.29 is 14.3 Å². The van der Waals surface area contributed by atoms with E-state index in [1.807, 2.05) is 27.7 Å². The van der Waals surface area contributed by atoms with Crippen LogP contribution in [-0.2, 0) is 9.53 Å². The highest BCUT2D eigenvalue weighted by Crippen LogP contribution is 2.33. The molecule has 0 aromatic carbocycles. The van der Waals surface area contributed by atoms with E-state index in [0.717, 1.165) is 6.42 Å². The molecule has 1 aliphatic carbocycles. The number of rotatable bonds is 6. The van der Waals surface area contributed by atoms with Crippen LogP contribution >= 0.6 is 0 Å². The molecule has 0 saturated heterocycles. The van der Waals surface area contributed by atoms with Gasteiger partial charge in [-0.25, -0.2) is 4.79 Å². The zero-order chi connectivity index (χ0) is 13.8. The van der Waals surface area contributed by atoms with Crippen molar-refractivity contribution in [1.29, 1.82) is 0 Å². The molecule has 0 heterocycles. The lowest BCUT2D eigenvalue weighted by atomic mass is 9.97. The highest BCUT2D eigenvalue weighted by atomic mass is 16.6. The number of carbonyl (C=O) groups excluding carboxylic acids is 2. The molecule has 104 valence electrons. The Morgan fingerprint density at radius 3 is 2.39 bits per heavy atom. The van der Waals surface area contributed by atoms with Crippen LogP contribution in [-0.4, -0.2) is 24.0 Å². The summed E-state index contributed by atoms with van der Waals surface area (Å²) in [6.45, 7) is 7.83. The maximum absolute atomic E-state index is 11.9. The van der Waals surface area contributed by atoms with Crippen LogP contribution in [0.4, 0.5) is 4.79 Å². The Kier molecular flexibility index (Phi) is 5.17. The van der Waals surface area contributed by atoms with E-state index in [4.69, 9.17) is 4.74 Å². The largest absolute Gasteiger partial charge is 0.444 e. The van der Waals surface area contributed by atoms with Gasteiger partial charge in [0.2, 0.25) is 0 Å². The van der Waals surface area contributed by atoms with E-state index >= 15 is 0 Å². The molecule has 0 spiro atoms. The van der Waals surface area contributed by atoms with Gasteiger partial charge in [0.25, 0.3) is 0 Å². The zero-order valence-electron chi connectivity index (χ0n) is 11.9. The summed E-state index contributed by atoms with van der Waals surface area (Å²) < 4.78 is 5.14. The molecule has 1 N–H and O–H groups in total. The van der Waals surface area contributed by atoms with Gasteiger partial charge >= 0.3 is 6.09 Å². The second kappa shape index (κ2) is 6.21. The molecule has 0 radical (unpaired) electrons. The maximum atomic E-state index is 11.9. The van der Waals surface area contributed by atoms with Crippen LogP contribution in [0, 0.1) is 11.8 Å². The minimum Gasteiger partial charge on any atom is -0.444 e. The van der Waals surface area contributed by atoms with E-state index < -0.39 is 11.7 Å². The minimum absolute atomic E-state index is 0.0712. The second-order valence-corrected chi connectivity index (χ2v) is 6.10. The third-order valence-electron chi connectivity index (χ3n) is 3.03. The zero-order valence-corrected chi connectivity index (χ0v) is 11.9. The molecule has 1 atom stereocenters. The fourth-order valence-electron chi connectivity index (χ4n) is 1.78. The lowest BCUT2D eigenvalue weighted by Crippen LogP contribution is -2.37. The molecule has 1 rings (SSSR count). The van der Waals surface area contributed by atoms with Gasteiger partial charge in [0.15, 0.2) is 0 Å². The number of Topliss-reactive ketones (excluding diaryl/α,β-unsaturated/α-hetero) is 1. The van der Waals surface area contributed by atoms with Crippen LogP contribution < -0.4 is 5.32 Å². The van der Waals surface area contributed by atoms with Crippen molar-refractivity contribution in [3.05, 3.63) is 0 Å². The average molecular weight is 255 g/mol. The second-order valence-electron chi connectivity index (χ2n) is 6.10. The predicted molar refractivity (Wildman–Crippen MR) is 70.4 cm³/mol. The van der Waals surface area contributed by atoms with Gasteiger partial charge in [-0.15, -0.1) is 0 Å². The Morgan fingerprint density at radius 2 is 1.94 bits per heavy atom. The van der Waals surface area contributed by atoms with Crippen molar-refractivity contribution in [1.82, 2.24) is 5.32 Å². The Bertz CT molecular complexity index is 303. The highest BCUT2D eigenvalue weighted by Gasteiger charge is 2.28. The molecule has 0 bridgehead atoms. The molecule has 1 aliphatic rings. The van der Waals surface area contributed by atoms with Crippen LogP contribution in [0.1, 0.15) is 53.4 Å². The Morgan fingerprint density at radius 1 is 1.33 bits per heavy atom. The summed E-state index contributed by atoms with van der Waals surface area (Å²) in [6, 6.07) is 0. The number of ether oxygens (including phenoxy) is 1. The summed E-state index contributed by atoms with van der Waals surface area (Å²) in [5.74, 6) is 0.808. The number of carbonyl (C=O) groups is 2. The molecule has 1 saturated carbocycles. The van der Waals surface area contributed by atoms with Gasteiger partial charge in [0.05, 0.1) is 0 Å². The molecule has 1 unspecified atom stereocenters. The SMILES string of the molecule is CCC(CNC(=O)OC(C)(C)C)C(=O)CC1CC1. The van der Waals surface area contributed by atoms with Crippen LogP contribution in [0.15, 0.2) is 0 Å². The molecular formula is C14H25NO3.